The molecule has 22 heavy (non-hydrogen) atoms. The second-order valence-electron chi connectivity index (χ2n) is 6.18. The van der Waals surface area contributed by atoms with Gasteiger partial charge in [0.15, 0.2) is 0 Å². The van der Waals surface area contributed by atoms with Crippen LogP contribution in [0, 0.1) is 5.92 Å². The Hall–Kier alpha value is -2.17. The lowest BCUT2D eigenvalue weighted by Crippen LogP contribution is -2.43. The van der Waals surface area contributed by atoms with Crippen molar-refractivity contribution >= 4 is 16.9 Å². The number of rotatable bonds is 2. The molecule has 0 aromatic carbocycles. The van der Waals surface area contributed by atoms with Crippen molar-refractivity contribution in [3.8, 4) is 0 Å². The molecule has 116 valence electrons. The van der Waals surface area contributed by atoms with Gasteiger partial charge in [-0.25, -0.2) is 4.98 Å². The number of fused-ring (bicyclic) bond motifs is 1. The lowest BCUT2D eigenvalue weighted by molar-refractivity contribution is 0.0908. The Bertz CT molecular complexity index is 766. The summed E-state index contributed by atoms with van der Waals surface area (Å²) in [5.74, 6) is 0.189. The number of carbonyl (C=O) groups is 1. The zero-order chi connectivity index (χ0) is 15.7. The molecule has 2 unspecified atom stereocenters. The van der Waals surface area contributed by atoms with E-state index < -0.39 is 0 Å². The number of aromatic nitrogens is 2. The van der Waals surface area contributed by atoms with Crippen molar-refractivity contribution < 1.29 is 4.79 Å². The third-order valence-corrected chi connectivity index (χ3v) is 4.64. The van der Waals surface area contributed by atoms with Gasteiger partial charge in [0, 0.05) is 24.7 Å². The fraction of sp³-hybridized carbons (Fsp3) is 0.471. The second kappa shape index (κ2) is 5.91. The normalized spacial score (nSPS) is 21.7. The van der Waals surface area contributed by atoms with E-state index in [1.54, 1.807) is 25.4 Å². The van der Waals surface area contributed by atoms with E-state index in [9.17, 15) is 9.59 Å². The molecule has 3 rings (SSSR count). The molecule has 0 radical (unpaired) electrons. The number of aryl methyl sites for hydroxylation is 1. The van der Waals surface area contributed by atoms with Crippen molar-refractivity contribution in [1.29, 1.82) is 0 Å². The summed E-state index contributed by atoms with van der Waals surface area (Å²) in [5.41, 5.74) is 0.489. The minimum atomic E-state index is -0.299. The molecule has 2 aromatic rings. The standard InChI is InChI=1S/C17H21N3O2/c1-11-6-3-4-8-14(11)19-16(21)13-10-12-7-5-9-18-15(12)20(2)17(13)22/h5,7,9-11,14H,3-4,6,8H2,1-2H3,(H,19,21). The topological polar surface area (TPSA) is 64.0 Å². The van der Waals surface area contributed by atoms with E-state index in [1.807, 2.05) is 6.07 Å². The van der Waals surface area contributed by atoms with Crippen LogP contribution in [0.15, 0.2) is 29.2 Å². The molecule has 2 heterocycles. The van der Waals surface area contributed by atoms with Crippen LogP contribution in [0.4, 0.5) is 0 Å². The Labute approximate surface area is 129 Å². The highest BCUT2D eigenvalue weighted by atomic mass is 16.2. The SMILES string of the molecule is CC1CCCCC1NC(=O)c1cc2cccnc2n(C)c1=O. The molecule has 0 bridgehead atoms. The summed E-state index contributed by atoms with van der Waals surface area (Å²) in [5, 5.41) is 3.84. The predicted molar refractivity (Wildman–Crippen MR) is 85.9 cm³/mol. The van der Waals surface area contributed by atoms with Gasteiger partial charge in [-0.1, -0.05) is 19.8 Å². The van der Waals surface area contributed by atoms with Crippen molar-refractivity contribution in [2.75, 3.05) is 0 Å². The van der Waals surface area contributed by atoms with Gasteiger partial charge in [-0.2, -0.15) is 0 Å². The van der Waals surface area contributed by atoms with E-state index in [0.717, 1.165) is 24.6 Å². The summed E-state index contributed by atoms with van der Waals surface area (Å²) in [4.78, 5) is 29.1. The smallest absolute Gasteiger partial charge is 0.264 e. The van der Waals surface area contributed by atoms with Gasteiger partial charge in [-0.05, 0) is 37.0 Å². The number of carbonyl (C=O) groups excluding carboxylic acids is 1. The first-order valence-electron chi connectivity index (χ1n) is 7.83. The van der Waals surface area contributed by atoms with Crippen LogP contribution in [-0.2, 0) is 7.05 Å². The summed E-state index contributed by atoms with van der Waals surface area (Å²) in [6.07, 6.45) is 6.12. The van der Waals surface area contributed by atoms with Crippen LogP contribution in [0.25, 0.3) is 11.0 Å². The van der Waals surface area contributed by atoms with Gasteiger partial charge in [-0.3, -0.25) is 14.2 Å². The molecule has 1 N–H and O–H groups in total. The predicted octanol–water partition coefficient (Wildman–Crippen LogP) is 2.24. The van der Waals surface area contributed by atoms with Crippen LogP contribution < -0.4 is 10.9 Å². The zero-order valence-corrected chi connectivity index (χ0v) is 13.0. The number of hydrogen-bond acceptors (Lipinski definition) is 3. The third kappa shape index (κ3) is 2.63. The Morgan fingerprint density at radius 2 is 2.14 bits per heavy atom. The van der Waals surface area contributed by atoms with E-state index in [1.165, 1.54) is 11.0 Å². The first kappa shape index (κ1) is 14.8. The maximum Gasteiger partial charge on any atom is 0.264 e. The average molecular weight is 299 g/mol. The van der Waals surface area contributed by atoms with Crippen LogP contribution in [0.2, 0.25) is 0 Å². The fourth-order valence-electron chi connectivity index (χ4n) is 3.24. The number of amides is 1. The number of nitrogens with zero attached hydrogens (tertiary/aromatic N) is 2. The van der Waals surface area contributed by atoms with Gasteiger partial charge in [-0.15, -0.1) is 0 Å². The van der Waals surface area contributed by atoms with Gasteiger partial charge >= 0.3 is 0 Å². The summed E-state index contributed by atoms with van der Waals surface area (Å²) >= 11 is 0. The maximum atomic E-state index is 12.5. The third-order valence-electron chi connectivity index (χ3n) is 4.64. The van der Waals surface area contributed by atoms with E-state index >= 15 is 0 Å². The van der Waals surface area contributed by atoms with E-state index in [-0.39, 0.29) is 23.1 Å². The van der Waals surface area contributed by atoms with Crippen LogP contribution in [0.1, 0.15) is 43.0 Å². The number of hydrogen-bond donors (Lipinski definition) is 1. The van der Waals surface area contributed by atoms with Gasteiger partial charge in [0.2, 0.25) is 0 Å². The van der Waals surface area contributed by atoms with Gasteiger partial charge in [0.25, 0.3) is 11.5 Å². The lowest BCUT2D eigenvalue weighted by Gasteiger charge is -2.29. The fourth-order valence-corrected chi connectivity index (χ4v) is 3.24. The molecule has 2 aromatic heterocycles. The van der Waals surface area contributed by atoms with Crippen LogP contribution >= 0.6 is 0 Å². The Morgan fingerprint density at radius 3 is 2.91 bits per heavy atom. The first-order valence-corrected chi connectivity index (χ1v) is 7.83. The van der Waals surface area contributed by atoms with Crippen molar-refractivity contribution in [2.45, 2.75) is 38.6 Å². The molecule has 1 aliphatic rings. The van der Waals surface area contributed by atoms with Crippen molar-refractivity contribution in [3.05, 3.63) is 40.3 Å². The quantitative estimate of drug-likeness (QED) is 0.925. The van der Waals surface area contributed by atoms with Gasteiger partial charge < -0.3 is 5.32 Å². The molecular weight excluding hydrogens is 278 g/mol. The highest BCUT2D eigenvalue weighted by Gasteiger charge is 2.24. The van der Waals surface area contributed by atoms with Crippen molar-refractivity contribution in [3.63, 3.8) is 0 Å². The average Bonchev–Trinajstić information content (AvgIpc) is 2.53. The molecular formula is C17H21N3O2. The Kier molecular flexibility index (Phi) is 3.96. The molecule has 1 fully saturated rings. The molecule has 5 heteroatoms. The van der Waals surface area contributed by atoms with Gasteiger partial charge in [0.1, 0.15) is 11.2 Å². The van der Waals surface area contributed by atoms with E-state index in [0.29, 0.717) is 11.6 Å². The largest absolute Gasteiger partial charge is 0.349 e. The molecule has 5 nitrogen and oxygen atoms in total. The molecule has 1 saturated carbocycles. The summed E-state index contributed by atoms with van der Waals surface area (Å²) in [6, 6.07) is 5.48. The molecule has 1 amide bonds. The number of pyridine rings is 2. The Morgan fingerprint density at radius 1 is 1.36 bits per heavy atom. The zero-order valence-electron chi connectivity index (χ0n) is 13.0. The second-order valence-corrected chi connectivity index (χ2v) is 6.18. The van der Waals surface area contributed by atoms with Crippen molar-refractivity contribution in [1.82, 2.24) is 14.9 Å². The van der Waals surface area contributed by atoms with Gasteiger partial charge in [0.05, 0.1) is 0 Å². The molecule has 2 atom stereocenters. The maximum absolute atomic E-state index is 12.5. The van der Waals surface area contributed by atoms with Crippen molar-refractivity contribution in [2.24, 2.45) is 13.0 Å². The Balaban J connectivity index is 1.94. The minimum Gasteiger partial charge on any atom is -0.349 e. The molecule has 0 aliphatic heterocycles. The van der Waals surface area contributed by atoms with E-state index in [4.69, 9.17) is 0 Å². The number of nitrogens with one attached hydrogen (secondary N) is 1. The molecule has 0 saturated heterocycles. The summed E-state index contributed by atoms with van der Waals surface area (Å²) in [6.45, 7) is 2.16. The van der Waals surface area contributed by atoms with Crippen LogP contribution in [-0.4, -0.2) is 21.5 Å². The highest BCUT2D eigenvalue weighted by molar-refractivity contribution is 5.97. The first-order chi connectivity index (χ1) is 10.6. The molecule has 1 aliphatic carbocycles. The summed E-state index contributed by atoms with van der Waals surface area (Å²) in [7, 11) is 1.65. The lowest BCUT2D eigenvalue weighted by atomic mass is 9.86. The summed E-state index contributed by atoms with van der Waals surface area (Å²) < 4.78 is 1.44. The van der Waals surface area contributed by atoms with E-state index in [2.05, 4.69) is 17.2 Å². The monoisotopic (exact) mass is 299 g/mol. The molecule has 0 spiro atoms. The van der Waals surface area contributed by atoms with Crippen LogP contribution in [0.3, 0.4) is 0 Å². The highest BCUT2D eigenvalue weighted by Crippen LogP contribution is 2.24. The minimum absolute atomic E-state index is 0.163. The van der Waals surface area contributed by atoms with Crippen LogP contribution in [0.5, 0.6) is 0 Å².